The van der Waals surface area contributed by atoms with Crippen LogP contribution in [0.2, 0.25) is 0 Å². The van der Waals surface area contributed by atoms with Crippen molar-refractivity contribution in [3.63, 3.8) is 0 Å². The van der Waals surface area contributed by atoms with Gasteiger partial charge in [-0.2, -0.15) is 0 Å². The third-order valence-electron chi connectivity index (χ3n) is 7.55. The van der Waals surface area contributed by atoms with Crippen molar-refractivity contribution >= 4 is 11.6 Å². The molecule has 3 aromatic rings. The molecule has 1 unspecified atom stereocenters. The van der Waals surface area contributed by atoms with E-state index in [2.05, 4.69) is 60.2 Å². The Morgan fingerprint density at radius 3 is 2.07 bits per heavy atom. The van der Waals surface area contributed by atoms with Gasteiger partial charge in [-0.1, -0.05) is 43.3 Å². The van der Waals surface area contributed by atoms with Crippen LogP contribution in [0.25, 0.3) is 5.70 Å². The molecule has 3 rings (SSSR count). The molecular weight excluding hydrogens is 562 g/mol. The Morgan fingerprint density at radius 1 is 0.886 bits per heavy atom. The minimum Gasteiger partial charge on any atom is -0.502 e. The van der Waals surface area contributed by atoms with Crippen molar-refractivity contribution in [3.8, 4) is 5.75 Å². The summed E-state index contributed by atoms with van der Waals surface area (Å²) in [5, 5.41) is 34.7. The smallest absolute Gasteiger partial charge is 0.293 e. The molecule has 1 amide bonds. The number of hydrogen-bond acceptors (Lipinski definition) is 8. The highest BCUT2D eigenvalue weighted by molar-refractivity contribution is 5.96. The second kappa shape index (κ2) is 16.6. The molecule has 0 aliphatic rings. The van der Waals surface area contributed by atoms with Crippen LogP contribution in [-0.4, -0.2) is 81.2 Å². The maximum Gasteiger partial charge on any atom is 0.293 e. The largest absolute Gasteiger partial charge is 0.502 e. The lowest BCUT2D eigenvalue weighted by atomic mass is 9.99. The Labute approximate surface area is 258 Å². The minimum absolute atomic E-state index is 0.0239. The van der Waals surface area contributed by atoms with E-state index in [0.29, 0.717) is 43.4 Å². The Kier molecular flexibility index (Phi) is 12.9. The number of carbonyl (C=O) groups excluding carboxylic acids is 1. The monoisotopic (exact) mass is 607 g/mol. The van der Waals surface area contributed by atoms with E-state index in [1.54, 1.807) is 13.1 Å². The number of aromatic hydroxyl groups is 1. The molecule has 0 bridgehead atoms. The molecule has 5 N–H and O–H groups in total. The number of nitrogens with one attached hydrogen (secondary N) is 2. The van der Waals surface area contributed by atoms with Crippen LogP contribution in [0, 0.1) is 19.8 Å². The van der Waals surface area contributed by atoms with Gasteiger partial charge in [0, 0.05) is 75.0 Å². The fourth-order valence-electron chi connectivity index (χ4n) is 5.14. The summed E-state index contributed by atoms with van der Waals surface area (Å²) in [6, 6.07) is 11.7. The zero-order valence-corrected chi connectivity index (χ0v) is 25.9. The summed E-state index contributed by atoms with van der Waals surface area (Å²) in [5.74, 6) is -0.883. The molecule has 0 saturated heterocycles. The number of aromatic nitrogens is 2. The summed E-state index contributed by atoms with van der Waals surface area (Å²) in [5.41, 5.74) is 3.35. The molecule has 11 heteroatoms. The Morgan fingerprint density at radius 2 is 1.45 bits per heavy atom. The van der Waals surface area contributed by atoms with Gasteiger partial charge in [0.15, 0.2) is 5.75 Å². The highest BCUT2D eigenvalue weighted by atomic mass is 16.3. The second-order valence-corrected chi connectivity index (χ2v) is 11.1. The number of aryl methyl sites for hydroxylation is 1. The summed E-state index contributed by atoms with van der Waals surface area (Å²) in [4.78, 5) is 39.9. The summed E-state index contributed by atoms with van der Waals surface area (Å²) in [6.07, 6.45) is 3.92. The number of carbonyl (C=O) groups is 1. The third-order valence-corrected chi connectivity index (χ3v) is 7.55. The molecule has 44 heavy (non-hydrogen) atoms. The highest BCUT2D eigenvalue weighted by Crippen LogP contribution is 2.14. The van der Waals surface area contributed by atoms with E-state index >= 15 is 0 Å². The lowest BCUT2D eigenvalue weighted by Crippen LogP contribution is -2.40. The van der Waals surface area contributed by atoms with E-state index in [4.69, 9.17) is 5.11 Å². The number of amides is 1. The molecule has 238 valence electrons. The van der Waals surface area contributed by atoms with Gasteiger partial charge in [-0.15, -0.1) is 0 Å². The zero-order chi connectivity index (χ0) is 32.2. The fourth-order valence-corrected chi connectivity index (χ4v) is 5.14. The predicted octanol–water partition coefficient (Wildman–Crippen LogP) is 1.49. The molecule has 0 spiro atoms. The molecule has 2 heterocycles. The SMILES string of the molecule is C=C(NCCN(CCNC(=O)c1ccn(CCO)c(=O)c1O)CC(C)Cc1ccc(C)cc1)c1ccn(CCO)c(=O)c1C. The Hall–Kier alpha value is -4.19. The number of hydrogen-bond donors (Lipinski definition) is 5. The second-order valence-electron chi connectivity index (χ2n) is 11.1. The zero-order valence-electron chi connectivity index (χ0n) is 25.9. The number of aliphatic hydroxyl groups is 2. The predicted molar refractivity (Wildman–Crippen MR) is 172 cm³/mol. The van der Waals surface area contributed by atoms with Gasteiger partial charge >= 0.3 is 0 Å². The van der Waals surface area contributed by atoms with E-state index in [1.165, 1.54) is 28.0 Å². The summed E-state index contributed by atoms with van der Waals surface area (Å²) >= 11 is 0. The van der Waals surface area contributed by atoms with Gasteiger partial charge in [-0.25, -0.2) is 0 Å². The van der Waals surface area contributed by atoms with Crippen LogP contribution in [0.5, 0.6) is 5.75 Å². The first-order valence-electron chi connectivity index (χ1n) is 14.9. The first-order valence-corrected chi connectivity index (χ1v) is 14.9. The van der Waals surface area contributed by atoms with Gasteiger partial charge in [0.25, 0.3) is 17.0 Å². The Balaban J connectivity index is 1.64. The van der Waals surface area contributed by atoms with E-state index in [1.807, 2.05) is 6.07 Å². The first-order chi connectivity index (χ1) is 21.0. The molecule has 0 saturated carbocycles. The molecule has 11 nitrogen and oxygen atoms in total. The van der Waals surface area contributed by atoms with Crippen LogP contribution in [0.3, 0.4) is 0 Å². The van der Waals surface area contributed by atoms with Crippen LogP contribution in [-0.2, 0) is 19.5 Å². The van der Waals surface area contributed by atoms with Crippen LogP contribution < -0.4 is 21.8 Å². The lowest BCUT2D eigenvalue weighted by molar-refractivity contribution is 0.0944. The minimum atomic E-state index is -0.731. The van der Waals surface area contributed by atoms with Crippen molar-refractivity contribution in [2.24, 2.45) is 5.92 Å². The van der Waals surface area contributed by atoms with Crippen LogP contribution >= 0.6 is 0 Å². The molecule has 1 aromatic carbocycles. The number of nitrogens with zero attached hydrogens (tertiary/aromatic N) is 3. The van der Waals surface area contributed by atoms with Crippen LogP contribution in [0.1, 0.15) is 39.5 Å². The molecule has 0 radical (unpaired) electrons. The average Bonchev–Trinajstić information content (AvgIpc) is 2.99. The average molecular weight is 608 g/mol. The van der Waals surface area contributed by atoms with Gasteiger partial charge in [-0.3, -0.25) is 19.3 Å². The Bertz CT molecular complexity index is 1440. The summed E-state index contributed by atoms with van der Waals surface area (Å²) in [6.45, 7) is 12.7. The molecule has 2 aromatic heterocycles. The van der Waals surface area contributed by atoms with Gasteiger partial charge in [-0.05, 0) is 43.9 Å². The van der Waals surface area contributed by atoms with Crippen molar-refractivity contribution in [3.05, 3.63) is 104 Å². The molecule has 0 aliphatic carbocycles. The molecule has 0 aliphatic heterocycles. The topological polar surface area (TPSA) is 149 Å². The number of aliphatic hydroxyl groups excluding tert-OH is 2. The van der Waals surface area contributed by atoms with Crippen molar-refractivity contribution in [2.75, 3.05) is 45.9 Å². The van der Waals surface area contributed by atoms with Crippen molar-refractivity contribution in [2.45, 2.75) is 40.3 Å². The van der Waals surface area contributed by atoms with Gasteiger partial charge in [0.05, 0.1) is 18.8 Å². The number of pyridine rings is 2. The summed E-state index contributed by atoms with van der Waals surface area (Å²) in [7, 11) is 0. The quantitative estimate of drug-likeness (QED) is 0.155. The van der Waals surface area contributed by atoms with E-state index in [9.17, 15) is 24.6 Å². The standard InChI is InChI=1S/C33H45N5O6/c1-23-5-7-27(8-6-23)21-24(2)22-36(15-11-34-26(4)28-9-13-37(17-19-39)32(43)25(28)3)16-12-35-31(42)29-10-14-38(18-20-40)33(44)30(29)41/h5-10,13-14,24,34,39-41H,4,11-12,15-22H2,1-3H3,(H,35,42). The normalized spacial score (nSPS) is 11.9. The maximum atomic E-state index is 12.8. The van der Waals surface area contributed by atoms with E-state index < -0.39 is 17.2 Å². The summed E-state index contributed by atoms with van der Waals surface area (Å²) < 4.78 is 2.61. The lowest BCUT2D eigenvalue weighted by Gasteiger charge is -2.27. The van der Waals surface area contributed by atoms with Gasteiger partial charge in [0.2, 0.25) is 0 Å². The maximum absolute atomic E-state index is 12.8. The van der Waals surface area contributed by atoms with E-state index in [-0.39, 0.29) is 37.4 Å². The fraction of sp³-hybridized carbons (Fsp3) is 0.424. The van der Waals surface area contributed by atoms with Crippen molar-refractivity contribution in [1.29, 1.82) is 0 Å². The third kappa shape index (κ3) is 9.40. The number of rotatable bonds is 17. The van der Waals surface area contributed by atoms with Crippen LogP contribution in [0.15, 0.2) is 65.0 Å². The highest BCUT2D eigenvalue weighted by Gasteiger charge is 2.17. The molecular formula is C33H45N5O6. The van der Waals surface area contributed by atoms with Crippen molar-refractivity contribution in [1.82, 2.24) is 24.7 Å². The molecule has 0 fully saturated rings. The van der Waals surface area contributed by atoms with E-state index in [0.717, 1.165) is 23.1 Å². The van der Waals surface area contributed by atoms with Gasteiger partial charge in [0.1, 0.15) is 0 Å². The van der Waals surface area contributed by atoms with Crippen molar-refractivity contribution < 1.29 is 20.1 Å². The first kappa shape index (κ1) is 34.3. The van der Waals surface area contributed by atoms with Gasteiger partial charge < -0.3 is 35.1 Å². The molecule has 1 atom stereocenters. The van der Waals surface area contributed by atoms with Crippen LogP contribution in [0.4, 0.5) is 0 Å². The number of benzene rings is 1.